The van der Waals surface area contributed by atoms with Gasteiger partial charge in [0.2, 0.25) is 0 Å². The molecule has 1 amide bonds. The number of thiazole rings is 1. The van der Waals surface area contributed by atoms with E-state index < -0.39 is 0 Å². The summed E-state index contributed by atoms with van der Waals surface area (Å²) in [5, 5.41) is 0.883. The smallest absolute Gasteiger partial charge is 0.266 e. The van der Waals surface area contributed by atoms with Gasteiger partial charge in [-0.05, 0) is 56.2 Å². The molecule has 1 aromatic heterocycles. The van der Waals surface area contributed by atoms with Crippen LogP contribution in [0.4, 0.5) is 4.39 Å². The number of hydrogen-bond acceptors (Lipinski definition) is 4. The summed E-state index contributed by atoms with van der Waals surface area (Å²) in [6.45, 7) is 6.62. The van der Waals surface area contributed by atoms with Crippen LogP contribution >= 0.6 is 11.3 Å². The van der Waals surface area contributed by atoms with Crippen molar-refractivity contribution in [1.29, 1.82) is 0 Å². The molecule has 0 saturated carbocycles. The molecule has 0 spiro atoms. The van der Waals surface area contributed by atoms with E-state index in [0.717, 1.165) is 33.1 Å². The Balaban J connectivity index is 1.69. The maximum atomic E-state index is 13.6. The first kappa shape index (κ1) is 18.6. The second-order valence-corrected chi connectivity index (χ2v) is 8.28. The Morgan fingerprint density at radius 1 is 1.21 bits per heavy atom. The average molecular weight is 396 g/mol. The van der Waals surface area contributed by atoms with E-state index in [0.29, 0.717) is 18.0 Å². The zero-order valence-corrected chi connectivity index (χ0v) is 16.8. The number of carbonyl (C=O) groups is 1. The molecule has 28 heavy (non-hydrogen) atoms. The first-order valence-electron chi connectivity index (χ1n) is 9.19. The number of rotatable bonds is 2. The van der Waals surface area contributed by atoms with Crippen LogP contribution in [0.3, 0.4) is 0 Å². The summed E-state index contributed by atoms with van der Waals surface area (Å²) in [5.41, 5.74) is 3.37. The second kappa shape index (κ2) is 7.36. The second-order valence-electron chi connectivity index (χ2n) is 7.07. The number of halogens is 1. The van der Waals surface area contributed by atoms with Crippen LogP contribution in [-0.4, -0.2) is 28.4 Å². The van der Waals surface area contributed by atoms with Crippen molar-refractivity contribution >= 4 is 17.2 Å². The van der Waals surface area contributed by atoms with E-state index in [2.05, 4.69) is 4.98 Å². The number of aryl methyl sites for hydroxylation is 2. The Morgan fingerprint density at radius 2 is 2.00 bits per heavy atom. The molecule has 0 bridgehead atoms. The minimum atomic E-state index is -0.273. The summed E-state index contributed by atoms with van der Waals surface area (Å²) in [6, 6.07) is 12.2. The normalized spacial score (nSPS) is 16.3. The molecule has 3 aromatic rings. The molecule has 0 aliphatic carbocycles. The molecule has 1 atom stereocenters. The highest BCUT2D eigenvalue weighted by atomic mass is 32.1. The zero-order chi connectivity index (χ0) is 19.8. The Labute approximate surface area is 167 Å². The van der Waals surface area contributed by atoms with Gasteiger partial charge >= 0.3 is 0 Å². The number of aromatic nitrogens is 1. The quantitative estimate of drug-likeness (QED) is 0.613. The summed E-state index contributed by atoms with van der Waals surface area (Å²) in [4.78, 5) is 20.1. The van der Waals surface area contributed by atoms with Gasteiger partial charge in [-0.3, -0.25) is 4.79 Å². The third kappa shape index (κ3) is 3.52. The van der Waals surface area contributed by atoms with Gasteiger partial charge in [-0.2, -0.15) is 0 Å². The van der Waals surface area contributed by atoms with Crippen LogP contribution in [0.15, 0.2) is 42.5 Å². The molecule has 0 saturated heterocycles. The van der Waals surface area contributed by atoms with E-state index in [4.69, 9.17) is 4.74 Å². The largest absolute Gasteiger partial charge is 0.491 e. The van der Waals surface area contributed by atoms with E-state index in [1.165, 1.54) is 23.5 Å². The molecule has 0 N–H and O–H groups in total. The maximum absolute atomic E-state index is 13.6. The maximum Gasteiger partial charge on any atom is 0.266 e. The lowest BCUT2D eigenvalue weighted by Crippen LogP contribution is -2.39. The van der Waals surface area contributed by atoms with Crippen molar-refractivity contribution in [2.24, 2.45) is 0 Å². The molecule has 1 aliphatic heterocycles. The van der Waals surface area contributed by atoms with Gasteiger partial charge in [-0.25, -0.2) is 9.37 Å². The SMILES string of the molecule is Cc1nc(C)c(C(=O)N2Cc3cc(-c4cccc(F)c4)ccc3OC[C@@H]2C)s1. The number of hydrogen-bond donors (Lipinski definition) is 0. The van der Waals surface area contributed by atoms with Crippen LogP contribution in [-0.2, 0) is 6.54 Å². The summed E-state index contributed by atoms with van der Waals surface area (Å²) in [5.74, 6) is 0.466. The number of fused-ring (bicyclic) bond motifs is 1. The van der Waals surface area contributed by atoms with Crippen LogP contribution in [0.2, 0.25) is 0 Å². The first-order chi connectivity index (χ1) is 13.4. The predicted octanol–water partition coefficient (Wildman–Crippen LogP) is 4.99. The summed E-state index contributed by atoms with van der Waals surface area (Å²) in [6.07, 6.45) is 0. The van der Waals surface area contributed by atoms with Gasteiger partial charge in [0.25, 0.3) is 5.91 Å². The van der Waals surface area contributed by atoms with Crippen LogP contribution < -0.4 is 4.74 Å². The zero-order valence-electron chi connectivity index (χ0n) is 16.0. The fourth-order valence-electron chi connectivity index (χ4n) is 3.46. The number of benzene rings is 2. The number of carbonyl (C=O) groups excluding carboxylic acids is 1. The summed E-state index contributed by atoms with van der Waals surface area (Å²) in [7, 11) is 0. The van der Waals surface area contributed by atoms with Crippen molar-refractivity contribution in [3.63, 3.8) is 0 Å². The summed E-state index contributed by atoms with van der Waals surface area (Å²) < 4.78 is 19.6. The van der Waals surface area contributed by atoms with Gasteiger partial charge in [0.05, 0.1) is 23.3 Å². The molecule has 0 unspecified atom stereocenters. The highest BCUT2D eigenvalue weighted by Gasteiger charge is 2.29. The molecule has 144 valence electrons. The first-order valence-corrected chi connectivity index (χ1v) is 10.0. The van der Waals surface area contributed by atoms with E-state index in [-0.39, 0.29) is 17.8 Å². The summed E-state index contributed by atoms with van der Waals surface area (Å²) >= 11 is 1.42. The number of amides is 1. The lowest BCUT2D eigenvalue weighted by Gasteiger charge is -2.26. The van der Waals surface area contributed by atoms with E-state index in [1.54, 1.807) is 6.07 Å². The lowest BCUT2D eigenvalue weighted by molar-refractivity contribution is 0.0649. The third-order valence-electron chi connectivity index (χ3n) is 4.93. The van der Waals surface area contributed by atoms with E-state index >= 15 is 0 Å². The Bertz CT molecular complexity index is 1050. The minimum absolute atomic E-state index is 0.0248. The van der Waals surface area contributed by atoms with Crippen molar-refractivity contribution in [3.05, 3.63) is 69.4 Å². The molecular weight excluding hydrogens is 375 g/mol. The molecule has 2 aromatic carbocycles. The van der Waals surface area contributed by atoms with Crippen LogP contribution in [0.1, 0.15) is 32.9 Å². The van der Waals surface area contributed by atoms with Crippen molar-refractivity contribution in [3.8, 4) is 16.9 Å². The molecule has 4 nitrogen and oxygen atoms in total. The molecule has 2 heterocycles. The Hall–Kier alpha value is -2.73. The minimum Gasteiger partial charge on any atom is -0.491 e. The van der Waals surface area contributed by atoms with Gasteiger partial charge < -0.3 is 9.64 Å². The van der Waals surface area contributed by atoms with E-state index in [1.807, 2.05) is 49.9 Å². The van der Waals surface area contributed by atoms with Crippen LogP contribution in [0, 0.1) is 19.7 Å². The Morgan fingerprint density at radius 3 is 2.71 bits per heavy atom. The fraction of sp³-hybridized carbons (Fsp3) is 0.273. The van der Waals surface area contributed by atoms with Gasteiger partial charge in [0.1, 0.15) is 23.1 Å². The number of nitrogens with zero attached hydrogens (tertiary/aromatic N) is 2. The van der Waals surface area contributed by atoms with Crippen LogP contribution in [0.5, 0.6) is 5.75 Å². The lowest BCUT2D eigenvalue weighted by atomic mass is 10.0. The Kier molecular flexibility index (Phi) is 4.89. The third-order valence-corrected chi connectivity index (χ3v) is 5.99. The highest BCUT2D eigenvalue weighted by molar-refractivity contribution is 7.13. The van der Waals surface area contributed by atoms with Crippen LogP contribution in [0.25, 0.3) is 11.1 Å². The molecular formula is C22H21FN2O2S. The topological polar surface area (TPSA) is 42.4 Å². The monoisotopic (exact) mass is 396 g/mol. The average Bonchev–Trinajstić information content (AvgIpc) is 2.92. The highest BCUT2D eigenvalue weighted by Crippen LogP contribution is 2.32. The molecule has 0 radical (unpaired) electrons. The van der Waals surface area contributed by atoms with Crippen molar-refractivity contribution in [1.82, 2.24) is 9.88 Å². The molecule has 6 heteroatoms. The van der Waals surface area contributed by atoms with Crippen molar-refractivity contribution in [2.45, 2.75) is 33.4 Å². The van der Waals surface area contributed by atoms with Gasteiger partial charge in [-0.1, -0.05) is 18.2 Å². The fourth-order valence-corrected chi connectivity index (χ4v) is 4.34. The van der Waals surface area contributed by atoms with Crippen molar-refractivity contribution < 1.29 is 13.9 Å². The van der Waals surface area contributed by atoms with Gasteiger partial charge in [0, 0.05) is 5.56 Å². The van der Waals surface area contributed by atoms with Crippen molar-refractivity contribution in [2.75, 3.05) is 6.61 Å². The van der Waals surface area contributed by atoms with Gasteiger partial charge in [-0.15, -0.1) is 11.3 Å². The van der Waals surface area contributed by atoms with E-state index in [9.17, 15) is 9.18 Å². The standard InChI is InChI=1S/C22H21FN2O2S/c1-13-12-27-20-8-7-17(16-5-4-6-19(23)10-16)9-18(20)11-25(13)22(26)21-14(2)24-15(3)28-21/h4-10,13H,11-12H2,1-3H3/t13-/m0/s1. The number of ether oxygens (including phenoxy) is 1. The molecule has 0 fully saturated rings. The molecule has 4 rings (SSSR count). The predicted molar refractivity (Wildman–Crippen MR) is 108 cm³/mol. The molecule has 1 aliphatic rings. The van der Waals surface area contributed by atoms with Gasteiger partial charge in [0.15, 0.2) is 0 Å².